The first kappa shape index (κ1) is 14.9. The van der Waals surface area contributed by atoms with Gasteiger partial charge in [-0.2, -0.15) is 0 Å². The van der Waals surface area contributed by atoms with E-state index in [1.165, 1.54) is 0 Å². The Morgan fingerprint density at radius 2 is 1.90 bits per heavy atom. The number of halogens is 1. The Morgan fingerprint density at radius 3 is 2.57 bits per heavy atom. The second kappa shape index (κ2) is 6.38. The van der Waals surface area contributed by atoms with Crippen LogP contribution in [0.5, 0.6) is 0 Å². The average molecular weight is 323 g/mol. The average Bonchev–Trinajstić information content (AvgIpc) is 2.92. The molecule has 1 aromatic carbocycles. The number of hydrogen-bond acceptors (Lipinski definition) is 4. The molecule has 0 atom stereocenters. The summed E-state index contributed by atoms with van der Waals surface area (Å²) < 4.78 is 2.13. The van der Waals surface area contributed by atoms with Crippen molar-refractivity contribution >= 4 is 23.4 Å². The van der Waals surface area contributed by atoms with Crippen LogP contribution in [0.15, 0.2) is 29.4 Å². The molecule has 1 saturated heterocycles. The molecule has 2 aromatic rings. The predicted octanol–water partition coefficient (Wildman–Crippen LogP) is 3.45. The number of thioether (sulfide) groups is 1. The number of para-hydroxylation sites is 1. The summed E-state index contributed by atoms with van der Waals surface area (Å²) in [5.41, 5.74) is 0.974. The number of nitrogens with zero attached hydrogens (tertiary/aromatic N) is 4. The maximum Gasteiger partial charge on any atom is 0.195 e. The van der Waals surface area contributed by atoms with E-state index in [1.54, 1.807) is 11.8 Å². The fraction of sp³-hybridized carbons (Fsp3) is 0.467. The molecular formula is C15H19ClN4S. The summed E-state index contributed by atoms with van der Waals surface area (Å²) in [5, 5.41) is 10.5. The number of benzene rings is 1. The molecule has 1 aliphatic rings. The lowest BCUT2D eigenvalue weighted by molar-refractivity contribution is 0.250. The van der Waals surface area contributed by atoms with Crippen molar-refractivity contribution in [2.75, 3.05) is 26.4 Å². The molecule has 2 heterocycles. The molecule has 0 unspecified atom stereocenters. The topological polar surface area (TPSA) is 34.0 Å². The zero-order valence-corrected chi connectivity index (χ0v) is 13.9. The third kappa shape index (κ3) is 2.96. The highest BCUT2D eigenvalue weighted by Gasteiger charge is 2.26. The molecule has 1 fully saturated rings. The van der Waals surface area contributed by atoms with Crippen LogP contribution in [0.3, 0.4) is 0 Å². The van der Waals surface area contributed by atoms with Gasteiger partial charge in [-0.1, -0.05) is 35.5 Å². The molecule has 0 spiro atoms. The summed E-state index contributed by atoms with van der Waals surface area (Å²) >= 11 is 7.99. The molecule has 1 aromatic heterocycles. The fourth-order valence-corrected chi connectivity index (χ4v) is 3.52. The fourth-order valence-electron chi connectivity index (χ4n) is 2.80. The van der Waals surface area contributed by atoms with Gasteiger partial charge in [0.2, 0.25) is 0 Å². The highest BCUT2D eigenvalue weighted by Crippen LogP contribution is 2.33. The van der Waals surface area contributed by atoms with Crippen LogP contribution in [0.2, 0.25) is 5.02 Å². The van der Waals surface area contributed by atoms with Gasteiger partial charge in [0.25, 0.3) is 0 Å². The van der Waals surface area contributed by atoms with Crippen LogP contribution in [0.1, 0.15) is 24.6 Å². The normalized spacial score (nSPS) is 17.3. The Labute approximate surface area is 134 Å². The molecule has 0 N–H and O–H groups in total. The lowest BCUT2D eigenvalue weighted by Crippen LogP contribution is -2.30. The zero-order valence-electron chi connectivity index (χ0n) is 12.3. The van der Waals surface area contributed by atoms with Gasteiger partial charge in [0, 0.05) is 5.92 Å². The van der Waals surface area contributed by atoms with Crippen LogP contribution in [0, 0.1) is 0 Å². The smallest absolute Gasteiger partial charge is 0.195 e. The molecule has 6 heteroatoms. The van der Waals surface area contributed by atoms with Crippen molar-refractivity contribution in [3.63, 3.8) is 0 Å². The van der Waals surface area contributed by atoms with Crippen molar-refractivity contribution in [2.24, 2.45) is 0 Å². The van der Waals surface area contributed by atoms with Crippen molar-refractivity contribution in [3.8, 4) is 5.69 Å². The van der Waals surface area contributed by atoms with Gasteiger partial charge in [-0.25, -0.2) is 0 Å². The minimum Gasteiger partial charge on any atom is -0.306 e. The maximum absolute atomic E-state index is 6.38. The van der Waals surface area contributed by atoms with Gasteiger partial charge in [-0.05, 0) is 51.4 Å². The van der Waals surface area contributed by atoms with E-state index in [0.717, 1.165) is 47.6 Å². The summed E-state index contributed by atoms with van der Waals surface area (Å²) in [6.45, 7) is 2.21. The first-order chi connectivity index (χ1) is 10.2. The van der Waals surface area contributed by atoms with Crippen LogP contribution >= 0.6 is 23.4 Å². The quantitative estimate of drug-likeness (QED) is 0.811. The Kier molecular flexibility index (Phi) is 4.52. The van der Waals surface area contributed by atoms with E-state index >= 15 is 0 Å². The second-order valence-corrected chi connectivity index (χ2v) is 6.59. The highest BCUT2D eigenvalue weighted by molar-refractivity contribution is 7.98. The Morgan fingerprint density at radius 1 is 1.19 bits per heavy atom. The molecule has 0 amide bonds. The van der Waals surface area contributed by atoms with Crippen LogP contribution in [0.4, 0.5) is 0 Å². The lowest BCUT2D eigenvalue weighted by atomic mass is 9.96. The summed E-state index contributed by atoms with van der Waals surface area (Å²) in [5.74, 6) is 1.49. The number of rotatable bonds is 3. The van der Waals surface area contributed by atoms with Crippen LogP contribution in [-0.4, -0.2) is 46.1 Å². The third-order valence-electron chi connectivity index (χ3n) is 4.02. The standard InChI is InChI=1S/C15H19ClN4S/c1-19-9-7-11(8-10-19)14-17-18-15(21-2)20(14)13-6-4-3-5-12(13)16/h3-6,11H,7-10H2,1-2H3. The predicted molar refractivity (Wildman–Crippen MR) is 87.6 cm³/mol. The van der Waals surface area contributed by atoms with E-state index < -0.39 is 0 Å². The summed E-state index contributed by atoms with van der Waals surface area (Å²) in [4.78, 5) is 2.36. The van der Waals surface area contributed by atoms with Crippen molar-refractivity contribution < 1.29 is 0 Å². The van der Waals surface area contributed by atoms with Gasteiger partial charge in [-0.3, -0.25) is 4.57 Å². The van der Waals surface area contributed by atoms with Crippen molar-refractivity contribution in [2.45, 2.75) is 23.9 Å². The zero-order chi connectivity index (χ0) is 14.8. The molecule has 0 saturated carbocycles. The summed E-state index contributed by atoms with van der Waals surface area (Å²) in [7, 11) is 2.17. The van der Waals surface area contributed by atoms with Crippen molar-refractivity contribution in [3.05, 3.63) is 35.1 Å². The molecule has 0 bridgehead atoms. The lowest BCUT2D eigenvalue weighted by Gasteiger charge is -2.28. The van der Waals surface area contributed by atoms with E-state index in [4.69, 9.17) is 11.6 Å². The van der Waals surface area contributed by atoms with Gasteiger partial charge in [-0.15, -0.1) is 10.2 Å². The van der Waals surface area contributed by atoms with E-state index in [2.05, 4.69) is 26.7 Å². The van der Waals surface area contributed by atoms with Gasteiger partial charge in [0.15, 0.2) is 5.16 Å². The number of likely N-dealkylation sites (tertiary alicyclic amines) is 1. The third-order valence-corrected chi connectivity index (χ3v) is 4.97. The maximum atomic E-state index is 6.38. The highest BCUT2D eigenvalue weighted by atomic mass is 35.5. The molecule has 3 rings (SSSR count). The Balaban J connectivity index is 2.03. The van der Waals surface area contributed by atoms with Crippen LogP contribution < -0.4 is 0 Å². The second-order valence-electron chi connectivity index (χ2n) is 5.41. The van der Waals surface area contributed by atoms with Crippen molar-refractivity contribution in [1.82, 2.24) is 19.7 Å². The Hall–Kier alpha value is -1.04. The number of aromatic nitrogens is 3. The molecule has 1 aliphatic heterocycles. The van der Waals surface area contributed by atoms with E-state index in [0.29, 0.717) is 5.92 Å². The van der Waals surface area contributed by atoms with Crippen LogP contribution in [-0.2, 0) is 0 Å². The van der Waals surface area contributed by atoms with E-state index in [1.807, 2.05) is 30.5 Å². The SMILES string of the molecule is CSc1nnc(C2CCN(C)CC2)n1-c1ccccc1Cl. The number of hydrogen-bond donors (Lipinski definition) is 0. The Bertz CT molecular complexity index is 620. The first-order valence-electron chi connectivity index (χ1n) is 7.13. The van der Waals surface area contributed by atoms with Gasteiger partial charge in [0.1, 0.15) is 5.82 Å². The molecular weight excluding hydrogens is 304 g/mol. The van der Waals surface area contributed by atoms with E-state index in [-0.39, 0.29) is 0 Å². The van der Waals surface area contributed by atoms with Gasteiger partial charge in [0.05, 0.1) is 10.7 Å². The number of piperidine rings is 1. The van der Waals surface area contributed by atoms with Gasteiger partial charge >= 0.3 is 0 Å². The molecule has 0 aliphatic carbocycles. The first-order valence-corrected chi connectivity index (χ1v) is 8.73. The molecule has 4 nitrogen and oxygen atoms in total. The minimum absolute atomic E-state index is 0.450. The largest absolute Gasteiger partial charge is 0.306 e. The van der Waals surface area contributed by atoms with Crippen LogP contribution in [0.25, 0.3) is 5.69 Å². The molecule has 21 heavy (non-hydrogen) atoms. The summed E-state index contributed by atoms with van der Waals surface area (Å²) in [6.07, 6.45) is 4.26. The van der Waals surface area contributed by atoms with Gasteiger partial charge < -0.3 is 4.90 Å². The minimum atomic E-state index is 0.450. The summed E-state index contributed by atoms with van der Waals surface area (Å²) in [6, 6.07) is 7.90. The molecule has 0 radical (unpaired) electrons. The van der Waals surface area contributed by atoms with E-state index in [9.17, 15) is 0 Å². The molecule has 112 valence electrons. The monoisotopic (exact) mass is 322 g/mol. The van der Waals surface area contributed by atoms with Crippen molar-refractivity contribution in [1.29, 1.82) is 0 Å².